The van der Waals surface area contributed by atoms with Gasteiger partial charge in [0.15, 0.2) is 5.11 Å². The molecule has 0 atom stereocenters. The summed E-state index contributed by atoms with van der Waals surface area (Å²) in [6, 6.07) is 13.9. The highest BCUT2D eigenvalue weighted by Gasteiger charge is 2.03. The lowest BCUT2D eigenvalue weighted by atomic mass is 10.2. The van der Waals surface area contributed by atoms with Crippen LogP contribution >= 0.6 is 12.2 Å². The van der Waals surface area contributed by atoms with E-state index >= 15 is 0 Å². The molecule has 2 N–H and O–H groups in total. The van der Waals surface area contributed by atoms with Crippen LogP contribution in [-0.2, 0) is 0 Å². The van der Waals surface area contributed by atoms with Crippen LogP contribution in [0.1, 0.15) is 11.1 Å². The standard InChI is InChI=1S/C16H18N2OS/c1-11-4-6-13(7-5-11)17-16(20)18-15-9-8-14(19-3)10-12(15)2/h4-10H,1-3H3,(H2,17,18,20). The van der Waals surface area contributed by atoms with Crippen LogP contribution < -0.4 is 15.4 Å². The van der Waals surface area contributed by atoms with Crippen molar-refractivity contribution < 1.29 is 4.74 Å². The maximum absolute atomic E-state index is 5.32. The maximum Gasteiger partial charge on any atom is 0.175 e. The summed E-state index contributed by atoms with van der Waals surface area (Å²) in [7, 11) is 1.66. The minimum atomic E-state index is 0.571. The zero-order chi connectivity index (χ0) is 14.5. The molecule has 0 amide bonds. The number of benzene rings is 2. The van der Waals surface area contributed by atoms with Crippen molar-refractivity contribution in [3.8, 4) is 5.75 Å². The number of aryl methyl sites for hydroxylation is 2. The van der Waals surface area contributed by atoms with Gasteiger partial charge in [0.25, 0.3) is 0 Å². The molecule has 2 aromatic carbocycles. The van der Waals surface area contributed by atoms with E-state index in [0.717, 1.165) is 22.7 Å². The first-order valence-corrected chi connectivity index (χ1v) is 6.78. The second-order valence-corrected chi connectivity index (χ2v) is 5.03. The van der Waals surface area contributed by atoms with Gasteiger partial charge in [0, 0.05) is 11.4 Å². The number of nitrogens with one attached hydrogen (secondary N) is 2. The molecule has 2 aromatic rings. The zero-order valence-corrected chi connectivity index (χ0v) is 12.7. The summed E-state index contributed by atoms with van der Waals surface area (Å²) in [6.45, 7) is 4.07. The molecule has 0 heterocycles. The molecule has 0 saturated carbocycles. The molecular formula is C16H18N2OS. The second kappa shape index (κ2) is 6.39. The van der Waals surface area contributed by atoms with E-state index in [0.29, 0.717) is 5.11 Å². The quantitative estimate of drug-likeness (QED) is 0.832. The largest absolute Gasteiger partial charge is 0.497 e. The summed E-state index contributed by atoms with van der Waals surface area (Å²) in [5, 5.41) is 6.92. The van der Waals surface area contributed by atoms with E-state index in [9.17, 15) is 0 Å². The lowest BCUT2D eigenvalue weighted by Crippen LogP contribution is -2.19. The Bertz CT molecular complexity index is 608. The molecule has 3 nitrogen and oxygen atoms in total. The molecule has 0 radical (unpaired) electrons. The Hall–Kier alpha value is -2.07. The third-order valence-electron chi connectivity index (χ3n) is 2.99. The normalized spacial score (nSPS) is 9.95. The van der Waals surface area contributed by atoms with Crippen LogP contribution in [0.15, 0.2) is 42.5 Å². The smallest absolute Gasteiger partial charge is 0.175 e. The first-order valence-electron chi connectivity index (χ1n) is 6.38. The van der Waals surface area contributed by atoms with Crippen LogP contribution in [0.3, 0.4) is 0 Å². The number of rotatable bonds is 3. The van der Waals surface area contributed by atoms with Gasteiger partial charge in [0.1, 0.15) is 5.75 Å². The third-order valence-corrected chi connectivity index (χ3v) is 3.20. The van der Waals surface area contributed by atoms with Gasteiger partial charge in [0.2, 0.25) is 0 Å². The summed E-state index contributed by atoms with van der Waals surface area (Å²) >= 11 is 5.32. The number of anilines is 2. The molecule has 0 unspecified atom stereocenters. The predicted molar refractivity (Wildman–Crippen MR) is 88.8 cm³/mol. The molecule has 4 heteroatoms. The van der Waals surface area contributed by atoms with E-state index < -0.39 is 0 Å². The Labute approximate surface area is 125 Å². The molecule has 0 aliphatic carbocycles. The highest BCUT2D eigenvalue weighted by molar-refractivity contribution is 7.80. The topological polar surface area (TPSA) is 33.3 Å². The molecule has 104 valence electrons. The van der Waals surface area contributed by atoms with Crippen molar-refractivity contribution in [2.75, 3.05) is 17.7 Å². The average Bonchev–Trinajstić information content (AvgIpc) is 2.43. The molecule has 2 rings (SSSR count). The van der Waals surface area contributed by atoms with Crippen LogP contribution in [0, 0.1) is 13.8 Å². The Morgan fingerprint density at radius 2 is 1.70 bits per heavy atom. The maximum atomic E-state index is 5.32. The molecule has 0 saturated heterocycles. The molecule has 0 aliphatic heterocycles. The SMILES string of the molecule is COc1ccc(NC(=S)Nc2ccc(C)cc2)c(C)c1. The van der Waals surface area contributed by atoms with E-state index in [1.807, 2.05) is 49.4 Å². The van der Waals surface area contributed by atoms with E-state index in [-0.39, 0.29) is 0 Å². The Morgan fingerprint density at radius 3 is 2.30 bits per heavy atom. The van der Waals surface area contributed by atoms with Gasteiger partial charge in [-0.3, -0.25) is 0 Å². The van der Waals surface area contributed by atoms with Gasteiger partial charge in [-0.2, -0.15) is 0 Å². The van der Waals surface area contributed by atoms with Crippen LogP contribution in [0.4, 0.5) is 11.4 Å². The van der Waals surface area contributed by atoms with Crippen molar-refractivity contribution in [2.45, 2.75) is 13.8 Å². The van der Waals surface area contributed by atoms with Gasteiger partial charge < -0.3 is 15.4 Å². The van der Waals surface area contributed by atoms with Crippen LogP contribution in [0.2, 0.25) is 0 Å². The monoisotopic (exact) mass is 286 g/mol. The number of ether oxygens (including phenoxy) is 1. The fourth-order valence-electron chi connectivity index (χ4n) is 1.82. The van der Waals surface area contributed by atoms with Crippen LogP contribution in [0.5, 0.6) is 5.75 Å². The third kappa shape index (κ3) is 3.71. The van der Waals surface area contributed by atoms with Crippen LogP contribution in [-0.4, -0.2) is 12.2 Å². The van der Waals surface area contributed by atoms with Crippen molar-refractivity contribution in [1.29, 1.82) is 0 Å². The second-order valence-electron chi connectivity index (χ2n) is 4.63. The van der Waals surface area contributed by atoms with Gasteiger partial charge >= 0.3 is 0 Å². The fraction of sp³-hybridized carbons (Fsp3) is 0.188. The summed E-state index contributed by atoms with van der Waals surface area (Å²) in [5.74, 6) is 0.838. The van der Waals surface area contributed by atoms with Gasteiger partial charge in [-0.15, -0.1) is 0 Å². The molecule has 0 aromatic heterocycles. The van der Waals surface area contributed by atoms with Crippen LogP contribution in [0.25, 0.3) is 0 Å². The van der Waals surface area contributed by atoms with Crippen molar-refractivity contribution in [3.05, 3.63) is 53.6 Å². The highest BCUT2D eigenvalue weighted by Crippen LogP contribution is 2.21. The molecule has 0 fully saturated rings. The van der Waals surface area contributed by atoms with Crippen molar-refractivity contribution in [3.63, 3.8) is 0 Å². The molecule has 0 bridgehead atoms. The number of methoxy groups -OCH3 is 1. The average molecular weight is 286 g/mol. The molecule has 20 heavy (non-hydrogen) atoms. The number of hydrogen-bond acceptors (Lipinski definition) is 2. The van der Waals surface area contributed by atoms with Gasteiger partial charge in [-0.25, -0.2) is 0 Å². The molecular weight excluding hydrogens is 268 g/mol. The summed E-state index contributed by atoms with van der Waals surface area (Å²) in [4.78, 5) is 0. The van der Waals surface area contributed by atoms with Crippen molar-refractivity contribution in [2.24, 2.45) is 0 Å². The number of thiocarbonyl (C=S) groups is 1. The van der Waals surface area contributed by atoms with Crippen molar-refractivity contribution in [1.82, 2.24) is 0 Å². The molecule has 0 aliphatic rings. The highest BCUT2D eigenvalue weighted by atomic mass is 32.1. The summed E-state index contributed by atoms with van der Waals surface area (Å²) < 4.78 is 5.19. The minimum Gasteiger partial charge on any atom is -0.497 e. The lowest BCUT2D eigenvalue weighted by molar-refractivity contribution is 0.414. The van der Waals surface area contributed by atoms with Crippen molar-refractivity contribution >= 4 is 28.7 Å². The molecule has 0 spiro atoms. The first kappa shape index (κ1) is 14.3. The van der Waals surface area contributed by atoms with Gasteiger partial charge in [-0.1, -0.05) is 17.7 Å². The Balaban J connectivity index is 2.02. The Morgan fingerprint density at radius 1 is 1.00 bits per heavy atom. The van der Waals surface area contributed by atoms with E-state index in [2.05, 4.69) is 17.6 Å². The first-order chi connectivity index (χ1) is 9.58. The minimum absolute atomic E-state index is 0.571. The zero-order valence-electron chi connectivity index (χ0n) is 11.9. The summed E-state index contributed by atoms with van der Waals surface area (Å²) in [6.07, 6.45) is 0. The Kier molecular flexibility index (Phi) is 4.58. The summed E-state index contributed by atoms with van der Waals surface area (Å²) in [5.41, 5.74) is 4.24. The predicted octanol–water partition coefficient (Wildman–Crippen LogP) is 4.12. The van der Waals surface area contributed by atoms with Gasteiger partial charge in [-0.05, 0) is 62.0 Å². The van der Waals surface area contributed by atoms with E-state index in [1.165, 1.54) is 5.56 Å². The lowest BCUT2D eigenvalue weighted by Gasteiger charge is -2.13. The van der Waals surface area contributed by atoms with Gasteiger partial charge in [0.05, 0.1) is 7.11 Å². The van der Waals surface area contributed by atoms with E-state index in [1.54, 1.807) is 7.11 Å². The fourth-order valence-corrected chi connectivity index (χ4v) is 2.05. The number of hydrogen-bond donors (Lipinski definition) is 2. The van der Waals surface area contributed by atoms with E-state index in [4.69, 9.17) is 17.0 Å².